The second-order valence-corrected chi connectivity index (χ2v) is 6.43. The van der Waals surface area contributed by atoms with Gasteiger partial charge >= 0.3 is 0 Å². The zero-order chi connectivity index (χ0) is 18.2. The number of amides is 1. The standard InChI is InChI=1S/C21H25N3O2/c1-26-20-15-19(24-12-6-3-7-13-24)11-10-18(20)16-22-23-21(25)14-17-8-4-2-5-9-17/h2,4-5,8-11,15-16H,3,6-7,12-14H2,1H3,(H,23,25)/b22-16-. The van der Waals surface area contributed by atoms with Gasteiger partial charge in [0.1, 0.15) is 5.75 Å². The van der Waals surface area contributed by atoms with Crippen LogP contribution in [0.5, 0.6) is 5.75 Å². The third-order valence-corrected chi connectivity index (χ3v) is 4.54. The van der Waals surface area contributed by atoms with E-state index in [9.17, 15) is 4.79 Å². The van der Waals surface area contributed by atoms with Gasteiger partial charge in [-0.05, 0) is 37.0 Å². The van der Waals surface area contributed by atoms with E-state index >= 15 is 0 Å². The molecule has 2 aromatic carbocycles. The quantitative estimate of drug-likeness (QED) is 0.641. The van der Waals surface area contributed by atoms with Gasteiger partial charge in [0.15, 0.2) is 0 Å². The van der Waals surface area contributed by atoms with Crippen LogP contribution in [0, 0.1) is 0 Å². The topological polar surface area (TPSA) is 53.9 Å². The van der Waals surface area contributed by atoms with E-state index in [2.05, 4.69) is 21.5 Å². The molecule has 136 valence electrons. The molecule has 0 aliphatic carbocycles. The number of ether oxygens (including phenoxy) is 1. The Labute approximate surface area is 154 Å². The fraction of sp³-hybridized carbons (Fsp3) is 0.333. The smallest absolute Gasteiger partial charge is 0.244 e. The summed E-state index contributed by atoms with van der Waals surface area (Å²) in [4.78, 5) is 14.3. The number of rotatable bonds is 6. The summed E-state index contributed by atoms with van der Waals surface area (Å²) in [7, 11) is 1.65. The van der Waals surface area contributed by atoms with Crippen molar-refractivity contribution in [1.29, 1.82) is 0 Å². The molecule has 1 N–H and O–H groups in total. The predicted octanol–water partition coefficient (Wildman–Crippen LogP) is 3.38. The first-order valence-corrected chi connectivity index (χ1v) is 9.05. The van der Waals surface area contributed by atoms with Crippen LogP contribution in [0.2, 0.25) is 0 Å². The zero-order valence-electron chi connectivity index (χ0n) is 15.1. The van der Waals surface area contributed by atoms with Gasteiger partial charge in [0.25, 0.3) is 0 Å². The average Bonchev–Trinajstić information content (AvgIpc) is 2.69. The Kier molecular flexibility index (Phi) is 6.25. The predicted molar refractivity (Wildman–Crippen MR) is 105 cm³/mol. The summed E-state index contributed by atoms with van der Waals surface area (Å²) < 4.78 is 5.50. The Balaban J connectivity index is 1.61. The number of hydrazone groups is 1. The van der Waals surface area contributed by atoms with E-state index in [4.69, 9.17) is 4.74 Å². The van der Waals surface area contributed by atoms with E-state index in [1.165, 1.54) is 24.9 Å². The van der Waals surface area contributed by atoms with Crippen molar-refractivity contribution in [2.75, 3.05) is 25.1 Å². The van der Waals surface area contributed by atoms with Gasteiger partial charge in [-0.25, -0.2) is 5.43 Å². The fourth-order valence-corrected chi connectivity index (χ4v) is 3.15. The maximum Gasteiger partial charge on any atom is 0.244 e. The average molecular weight is 351 g/mol. The number of methoxy groups -OCH3 is 1. The number of nitrogens with one attached hydrogen (secondary N) is 1. The van der Waals surface area contributed by atoms with Gasteiger partial charge in [0, 0.05) is 30.4 Å². The highest BCUT2D eigenvalue weighted by Crippen LogP contribution is 2.26. The summed E-state index contributed by atoms with van der Waals surface area (Å²) in [6.45, 7) is 2.18. The van der Waals surface area contributed by atoms with Crippen molar-refractivity contribution in [2.24, 2.45) is 5.10 Å². The molecule has 0 saturated carbocycles. The van der Waals surface area contributed by atoms with Crippen molar-refractivity contribution >= 4 is 17.8 Å². The maximum absolute atomic E-state index is 12.0. The Hall–Kier alpha value is -2.82. The van der Waals surface area contributed by atoms with E-state index in [1.807, 2.05) is 42.5 Å². The van der Waals surface area contributed by atoms with Crippen LogP contribution < -0.4 is 15.1 Å². The number of hydrogen-bond acceptors (Lipinski definition) is 4. The lowest BCUT2D eigenvalue weighted by atomic mass is 10.1. The number of anilines is 1. The van der Waals surface area contributed by atoms with Gasteiger partial charge in [0.05, 0.1) is 19.7 Å². The Morgan fingerprint density at radius 2 is 1.92 bits per heavy atom. The highest BCUT2D eigenvalue weighted by molar-refractivity contribution is 5.86. The van der Waals surface area contributed by atoms with Crippen LogP contribution >= 0.6 is 0 Å². The number of nitrogens with zero attached hydrogens (tertiary/aromatic N) is 2. The van der Waals surface area contributed by atoms with E-state index in [1.54, 1.807) is 13.3 Å². The Morgan fingerprint density at radius 3 is 2.65 bits per heavy atom. The van der Waals surface area contributed by atoms with Gasteiger partial charge in [-0.1, -0.05) is 30.3 Å². The van der Waals surface area contributed by atoms with Crippen molar-refractivity contribution in [3.8, 4) is 5.75 Å². The van der Waals surface area contributed by atoms with Crippen LogP contribution in [0.1, 0.15) is 30.4 Å². The molecule has 1 heterocycles. The normalized spacial score (nSPS) is 14.4. The summed E-state index contributed by atoms with van der Waals surface area (Å²) in [5, 5.41) is 4.07. The highest BCUT2D eigenvalue weighted by Gasteiger charge is 2.12. The number of piperidine rings is 1. The maximum atomic E-state index is 12.0. The second-order valence-electron chi connectivity index (χ2n) is 6.43. The van der Waals surface area contributed by atoms with Crippen LogP contribution in [0.25, 0.3) is 0 Å². The van der Waals surface area contributed by atoms with Gasteiger partial charge < -0.3 is 9.64 Å². The van der Waals surface area contributed by atoms with Crippen LogP contribution in [0.4, 0.5) is 5.69 Å². The Bertz CT molecular complexity index is 753. The third-order valence-electron chi connectivity index (χ3n) is 4.54. The first-order valence-electron chi connectivity index (χ1n) is 9.05. The van der Waals surface area contributed by atoms with Crippen LogP contribution in [-0.2, 0) is 11.2 Å². The molecular formula is C21H25N3O2. The molecule has 0 aromatic heterocycles. The lowest BCUT2D eigenvalue weighted by Crippen LogP contribution is -2.29. The summed E-state index contributed by atoms with van der Waals surface area (Å²) >= 11 is 0. The molecule has 0 bridgehead atoms. The van der Waals surface area contributed by atoms with Crippen LogP contribution in [0.3, 0.4) is 0 Å². The molecule has 1 aliphatic heterocycles. The first-order chi connectivity index (χ1) is 12.8. The molecule has 1 fully saturated rings. The van der Waals surface area contributed by atoms with Gasteiger partial charge in [-0.15, -0.1) is 0 Å². The van der Waals surface area contributed by atoms with E-state index in [-0.39, 0.29) is 5.91 Å². The number of benzene rings is 2. The lowest BCUT2D eigenvalue weighted by molar-refractivity contribution is -0.120. The fourth-order valence-electron chi connectivity index (χ4n) is 3.15. The molecule has 5 heteroatoms. The van der Waals surface area contributed by atoms with Gasteiger partial charge in [-0.3, -0.25) is 4.79 Å². The Morgan fingerprint density at radius 1 is 1.15 bits per heavy atom. The van der Waals surface area contributed by atoms with Crippen molar-refractivity contribution < 1.29 is 9.53 Å². The van der Waals surface area contributed by atoms with Crippen molar-refractivity contribution in [1.82, 2.24) is 5.43 Å². The van der Waals surface area contributed by atoms with E-state index < -0.39 is 0 Å². The zero-order valence-corrected chi connectivity index (χ0v) is 15.1. The molecule has 1 aliphatic rings. The summed E-state index contributed by atoms with van der Waals surface area (Å²) in [5.74, 6) is 0.616. The van der Waals surface area contributed by atoms with Crippen molar-refractivity contribution in [2.45, 2.75) is 25.7 Å². The molecule has 0 unspecified atom stereocenters. The van der Waals surface area contributed by atoms with E-state index in [0.29, 0.717) is 6.42 Å². The minimum absolute atomic E-state index is 0.142. The SMILES string of the molecule is COc1cc(N2CCCCC2)ccc1/C=N\NC(=O)Cc1ccccc1. The van der Waals surface area contributed by atoms with Crippen molar-refractivity contribution in [3.05, 3.63) is 59.7 Å². The summed E-state index contributed by atoms with van der Waals surface area (Å²) in [6, 6.07) is 15.7. The molecule has 2 aromatic rings. The molecule has 5 nitrogen and oxygen atoms in total. The van der Waals surface area contributed by atoms with Gasteiger partial charge in [0.2, 0.25) is 5.91 Å². The number of hydrogen-bond donors (Lipinski definition) is 1. The molecule has 0 radical (unpaired) electrons. The minimum Gasteiger partial charge on any atom is -0.496 e. The lowest BCUT2D eigenvalue weighted by Gasteiger charge is -2.29. The molecule has 1 saturated heterocycles. The molecule has 0 spiro atoms. The molecule has 0 atom stereocenters. The molecule has 26 heavy (non-hydrogen) atoms. The van der Waals surface area contributed by atoms with Crippen molar-refractivity contribution in [3.63, 3.8) is 0 Å². The van der Waals surface area contributed by atoms with E-state index in [0.717, 1.165) is 30.0 Å². The first kappa shape index (κ1) is 18.0. The minimum atomic E-state index is -0.142. The molecule has 1 amide bonds. The molecule has 3 rings (SSSR count). The highest BCUT2D eigenvalue weighted by atomic mass is 16.5. The third kappa shape index (κ3) is 4.85. The largest absolute Gasteiger partial charge is 0.496 e. The number of carbonyl (C=O) groups excluding carboxylic acids is 1. The monoisotopic (exact) mass is 351 g/mol. The second kappa shape index (κ2) is 9.04. The number of carbonyl (C=O) groups is 1. The van der Waals surface area contributed by atoms with Crippen LogP contribution in [-0.4, -0.2) is 32.3 Å². The van der Waals surface area contributed by atoms with Crippen LogP contribution in [0.15, 0.2) is 53.6 Å². The molecular weight excluding hydrogens is 326 g/mol. The summed E-state index contributed by atoms with van der Waals surface area (Å²) in [6.07, 6.45) is 5.71. The van der Waals surface area contributed by atoms with Gasteiger partial charge in [-0.2, -0.15) is 5.10 Å². The summed E-state index contributed by atoms with van der Waals surface area (Å²) in [5.41, 5.74) is 5.55.